The highest BCUT2D eigenvalue weighted by Crippen LogP contribution is 2.48. The van der Waals surface area contributed by atoms with Gasteiger partial charge in [0.15, 0.2) is 0 Å². The van der Waals surface area contributed by atoms with Crippen molar-refractivity contribution >= 4 is 0 Å². The Morgan fingerprint density at radius 3 is 2.71 bits per heavy atom. The molecule has 2 nitrogen and oxygen atoms in total. The monoisotopic (exact) mass is 238 g/mol. The van der Waals surface area contributed by atoms with E-state index < -0.39 is 0 Å². The summed E-state index contributed by atoms with van der Waals surface area (Å²) in [4.78, 5) is 2.56. The molecule has 0 radical (unpaired) electrons. The predicted molar refractivity (Wildman–Crippen MR) is 73.9 cm³/mol. The van der Waals surface area contributed by atoms with E-state index in [0.717, 1.165) is 24.3 Å². The van der Waals surface area contributed by atoms with Crippen LogP contribution in [0.4, 0.5) is 0 Å². The Morgan fingerprint density at radius 1 is 1.29 bits per heavy atom. The molecule has 17 heavy (non-hydrogen) atoms. The number of nitrogens with two attached hydrogens (primary N) is 1. The zero-order valence-electron chi connectivity index (χ0n) is 11.7. The summed E-state index contributed by atoms with van der Waals surface area (Å²) in [6.45, 7) is 5.71. The molecule has 2 rings (SSSR count). The molecule has 2 aliphatic rings. The van der Waals surface area contributed by atoms with Crippen molar-refractivity contribution in [3.05, 3.63) is 0 Å². The van der Waals surface area contributed by atoms with Crippen molar-refractivity contribution in [2.75, 3.05) is 26.7 Å². The van der Waals surface area contributed by atoms with Crippen LogP contribution in [0.25, 0.3) is 0 Å². The molecule has 2 bridgehead atoms. The van der Waals surface area contributed by atoms with Gasteiger partial charge < -0.3 is 10.6 Å². The van der Waals surface area contributed by atoms with Crippen LogP contribution >= 0.6 is 0 Å². The highest BCUT2D eigenvalue weighted by Gasteiger charge is 2.39. The lowest BCUT2D eigenvalue weighted by Crippen LogP contribution is -2.29. The number of fused-ring (bicyclic) bond motifs is 2. The molecule has 2 N–H and O–H groups in total. The van der Waals surface area contributed by atoms with Gasteiger partial charge in [0.05, 0.1) is 0 Å². The molecule has 0 spiro atoms. The third-order valence-electron chi connectivity index (χ3n) is 5.07. The summed E-state index contributed by atoms with van der Waals surface area (Å²) >= 11 is 0. The van der Waals surface area contributed by atoms with Crippen LogP contribution in [0.15, 0.2) is 0 Å². The summed E-state index contributed by atoms with van der Waals surface area (Å²) in [7, 11) is 2.30. The van der Waals surface area contributed by atoms with E-state index in [2.05, 4.69) is 18.9 Å². The Bertz CT molecular complexity index is 229. The summed E-state index contributed by atoms with van der Waals surface area (Å²) in [6.07, 6.45) is 8.72. The van der Waals surface area contributed by atoms with Crippen molar-refractivity contribution in [3.8, 4) is 0 Å². The van der Waals surface area contributed by atoms with Gasteiger partial charge in [0.1, 0.15) is 0 Å². The molecule has 0 amide bonds. The molecule has 2 heteroatoms. The molecule has 100 valence electrons. The first-order valence-corrected chi connectivity index (χ1v) is 7.57. The molecule has 2 saturated carbocycles. The molecule has 2 fully saturated rings. The Kier molecular flexibility index (Phi) is 4.87. The van der Waals surface area contributed by atoms with Crippen LogP contribution in [0.5, 0.6) is 0 Å². The van der Waals surface area contributed by atoms with E-state index >= 15 is 0 Å². The molecule has 4 unspecified atom stereocenters. The van der Waals surface area contributed by atoms with Crippen molar-refractivity contribution in [1.82, 2.24) is 4.90 Å². The van der Waals surface area contributed by atoms with Crippen LogP contribution in [0.2, 0.25) is 0 Å². The van der Waals surface area contributed by atoms with Crippen LogP contribution in [-0.2, 0) is 0 Å². The lowest BCUT2D eigenvalue weighted by atomic mass is 9.88. The molecule has 0 heterocycles. The molecule has 2 aliphatic carbocycles. The fourth-order valence-corrected chi connectivity index (χ4v) is 3.92. The third-order valence-corrected chi connectivity index (χ3v) is 5.07. The zero-order valence-corrected chi connectivity index (χ0v) is 11.7. The van der Waals surface area contributed by atoms with Gasteiger partial charge in [-0.1, -0.05) is 13.3 Å². The van der Waals surface area contributed by atoms with E-state index in [4.69, 9.17) is 5.73 Å². The van der Waals surface area contributed by atoms with E-state index in [1.54, 1.807) is 6.42 Å². The molecular weight excluding hydrogens is 208 g/mol. The maximum atomic E-state index is 5.65. The van der Waals surface area contributed by atoms with E-state index in [0.29, 0.717) is 5.92 Å². The van der Waals surface area contributed by atoms with Gasteiger partial charge in [0.25, 0.3) is 0 Å². The smallest absolute Gasteiger partial charge is 0.000936 e. The normalized spacial score (nSPS) is 33.5. The Balaban J connectivity index is 1.59. The summed E-state index contributed by atoms with van der Waals surface area (Å²) in [6, 6.07) is 0. The molecule has 0 saturated heterocycles. The third kappa shape index (κ3) is 3.69. The highest BCUT2D eigenvalue weighted by atomic mass is 15.1. The summed E-state index contributed by atoms with van der Waals surface area (Å²) < 4.78 is 0. The Hall–Kier alpha value is -0.0800. The molecular formula is C15H30N2. The SMILES string of the molecule is CC(CN)CCCN(C)CC1CC2CCC1C2. The molecule has 0 aromatic carbocycles. The maximum absolute atomic E-state index is 5.65. The van der Waals surface area contributed by atoms with E-state index in [-0.39, 0.29) is 0 Å². The van der Waals surface area contributed by atoms with Crippen molar-refractivity contribution < 1.29 is 0 Å². The second-order valence-corrected chi connectivity index (χ2v) is 6.68. The van der Waals surface area contributed by atoms with Crippen LogP contribution in [0.3, 0.4) is 0 Å². The molecule has 4 atom stereocenters. The first-order chi connectivity index (χ1) is 8.19. The minimum Gasteiger partial charge on any atom is -0.330 e. The fraction of sp³-hybridized carbons (Fsp3) is 1.00. The van der Waals surface area contributed by atoms with Gasteiger partial charge in [-0.3, -0.25) is 0 Å². The lowest BCUT2D eigenvalue weighted by molar-refractivity contribution is 0.215. The van der Waals surface area contributed by atoms with Crippen molar-refractivity contribution in [2.24, 2.45) is 29.4 Å². The van der Waals surface area contributed by atoms with Gasteiger partial charge in [-0.15, -0.1) is 0 Å². The van der Waals surface area contributed by atoms with Crippen LogP contribution in [-0.4, -0.2) is 31.6 Å². The summed E-state index contributed by atoms with van der Waals surface area (Å²) in [5.41, 5.74) is 5.65. The first kappa shape index (κ1) is 13.4. The Labute approximate surface area is 107 Å². The quantitative estimate of drug-likeness (QED) is 0.739. The minimum atomic E-state index is 0.700. The number of hydrogen-bond donors (Lipinski definition) is 1. The van der Waals surface area contributed by atoms with Gasteiger partial charge in [0, 0.05) is 6.54 Å². The van der Waals surface area contributed by atoms with E-state index in [1.807, 2.05) is 0 Å². The zero-order chi connectivity index (χ0) is 12.3. The second-order valence-electron chi connectivity index (χ2n) is 6.68. The molecule has 0 aromatic heterocycles. The van der Waals surface area contributed by atoms with Gasteiger partial charge >= 0.3 is 0 Å². The van der Waals surface area contributed by atoms with E-state index in [1.165, 1.54) is 45.2 Å². The average molecular weight is 238 g/mol. The largest absolute Gasteiger partial charge is 0.330 e. The van der Waals surface area contributed by atoms with Crippen molar-refractivity contribution in [3.63, 3.8) is 0 Å². The first-order valence-electron chi connectivity index (χ1n) is 7.57. The summed E-state index contributed by atoms with van der Waals surface area (Å²) in [5, 5.41) is 0. The van der Waals surface area contributed by atoms with Crippen LogP contribution < -0.4 is 5.73 Å². The van der Waals surface area contributed by atoms with Crippen LogP contribution in [0.1, 0.15) is 45.4 Å². The number of hydrogen-bond acceptors (Lipinski definition) is 2. The highest BCUT2D eigenvalue weighted by molar-refractivity contribution is 4.90. The second kappa shape index (κ2) is 6.19. The molecule has 0 aliphatic heterocycles. The van der Waals surface area contributed by atoms with Crippen molar-refractivity contribution in [1.29, 1.82) is 0 Å². The molecule has 0 aromatic rings. The number of nitrogens with zero attached hydrogens (tertiary/aromatic N) is 1. The summed E-state index contributed by atoms with van der Waals surface area (Å²) in [5.74, 6) is 3.89. The van der Waals surface area contributed by atoms with Gasteiger partial charge in [-0.25, -0.2) is 0 Å². The topological polar surface area (TPSA) is 29.3 Å². The maximum Gasteiger partial charge on any atom is 0.000936 e. The van der Waals surface area contributed by atoms with Gasteiger partial charge in [0.2, 0.25) is 0 Å². The Morgan fingerprint density at radius 2 is 2.12 bits per heavy atom. The number of rotatable bonds is 7. The lowest BCUT2D eigenvalue weighted by Gasteiger charge is -2.27. The van der Waals surface area contributed by atoms with Gasteiger partial charge in [-0.05, 0) is 75.9 Å². The predicted octanol–water partition coefficient (Wildman–Crippen LogP) is 2.73. The van der Waals surface area contributed by atoms with Crippen LogP contribution in [0, 0.1) is 23.7 Å². The van der Waals surface area contributed by atoms with Crippen molar-refractivity contribution in [2.45, 2.75) is 45.4 Å². The van der Waals surface area contributed by atoms with Gasteiger partial charge in [-0.2, -0.15) is 0 Å². The minimum absolute atomic E-state index is 0.700. The standard InChI is InChI=1S/C15H30N2/c1-12(10-16)4-3-7-17(2)11-15-9-13-5-6-14(15)8-13/h12-15H,3-11,16H2,1-2H3. The average Bonchev–Trinajstić information content (AvgIpc) is 2.90. The fourth-order valence-electron chi connectivity index (χ4n) is 3.92. The van der Waals surface area contributed by atoms with E-state index in [9.17, 15) is 0 Å².